The molecule has 0 radical (unpaired) electrons. The maximum Gasteiger partial charge on any atom is 0.115 e. The number of carbonyl (C=O) groups excluding carboxylic acids is 1. The Balaban J connectivity index is 2.71. The lowest BCUT2D eigenvalue weighted by Crippen LogP contribution is -2.55. The van der Waals surface area contributed by atoms with Crippen LogP contribution in [-0.2, 0) is 4.79 Å². The van der Waals surface area contributed by atoms with Crippen LogP contribution in [0.1, 0.15) is 23.6 Å². The SMILES string of the molecule is Cc1ccc([C@H]([NH3+])CC(=O)[O-])cc1. The van der Waals surface area contributed by atoms with Gasteiger partial charge in [-0.25, -0.2) is 0 Å². The Morgan fingerprint density at radius 1 is 1.46 bits per heavy atom. The molecule has 1 aromatic rings. The second-order valence-electron chi connectivity index (χ2n) is 3.18. The highest BCUT2D eigenvalue weighted by Crippen LogP contribution is 2.12. The number of aryl methyl sites for hydroxylation is 1. The van der Waals surface area contributed by atoms with Gasteiger partial charge in [0.05, 0.1) is 0 Å². The van der Waals surface area contributed by atoms with Gasteiger partial charge >= 0.3 is 0 Å². The zero-order valence-corrected chi connectivity index (χ0v) is 7.62. The van der Waals surface area contributed by atoms with Gasteiger partial charge in [0.1, 0.15) is 6.04 Å². The molecule has 1 rings (SSSR count). The van der Waals surface area contributed by atoms with E-state index in [1.165, 1.54) is 0 Å². The summed E-state index contributed by atoms with van der Waals surface area (Å²) in [5, 5.41) is 10.3. The Hall–Kier alpha value is -1.35. The van der Waals surface area contributed by atoms with Crippen LogP contribution in [0.15, 0.2) is 24.3 Å². The van der Waals surface area contributed by atoms with Crippen molar-refractivity contribution < 1.29 is 15.6 Å². The fourth-order valence-electron chi connectivity index (χ4n) is 1.16. The number of rotatable bonds is 3. The molecule has 0 bridgehead atoms. The summed E-state index contributed by atoms with van der Waals surface area (Å²) in [6.45, 7) is 1.99. The molecule has 0 aliphatic carbocycles. The van der Waals surface area contributed by atoms with E-state index in [1.807, 2.05) is 31.2 Å². The molecule has 1 aromatic carbocycles. The van der Waals surface area contributed by atoms with E-state index in [4.69, 9.17) is 0 Å². The van der Waals surface area contributed by atoms with Crippen LogP contribution in [0.4, 0.5) is 0 Å². The standard InChI is InChI=1S/C10H13NO2/c1-7-2-4-8(5-3-7)9(11)6-10(12)13/h2-5,9H,6,11H2,1H3,(H,12,13)/t9-/m1/s1. The minimum absolute atomic E-state index is 0.0247. The second kappa shape index (κ2) is 4.05. The number of benzene rings is 1. The first kappa shape index (κ1) is 9.74. The highest BCUT2D eigenvalue weighted by Gasteiger charge is 2.08. The van der Waals surface area contributed by atoms with Crippen molar-refractivity contribution in [1.82, 2.24) is 0 Å². The molecule has 0 aliphatic rings. The molecule has 0 aliphatic heterocycles. The van der Waals surface area contributed by atoms with Crippen molar-refractivity contribution in [1.29, 1.82) is 0 Å². The molecule has 0 saturated heterocycles. The molecule has 13 heavy (non-hydrogen) atoms. The summed E-state index contributed by atoms with van der Waals surface area (Å²) >= 11 is 0. The molecule has 0 saturated carbocycles. The number of carboxylic acid groups (broad SMARTS) is 1. The van der Waals surface area contributed by atoms with Gasteiger partial charge in [-0.1, -0.05) is 29.8 Å². The summed E-state index contributed by atoms with van der Waals surface area (Å²) in [6.07, 6.45) is -0.0247. The molecule has 1 atom stereocenters. The number of hydrogen-bond acceptors (Lipinski definition) is 2. The first-order valence-corrected chi connectivity index (χ1v) is 4.19. The smallest absolute Gasteiger partial charge is 0.115 e. The van der Waals surface area contributed by atoms with E-state index >= 15 is 0 Å². The summed E-state index contributed by atoms with van der Waals surface area (Å²) < 4.78 is 0. The monoisotopic (exact) mass is 179 g/mol. The second-order valence-corrected chi connectivity index (χ2v) is 3.18. The molecule has 3 nitrogen and oxygen atoms in total. The van der Waals surface area contributed by atoms with Crippen molar-refractivity contribution in [3.8, 4) is 0 Å². The van der Waals surface area contributed by atoms with Crippen LogP contribution >= 0.6 is 0 Å². The van der Waals surface area contributed by atoms with Gasteiger partial charge in [0, 0.05) is 18.0 Å². The van der Waals surface area contributed by atoms with E-state index in [0.29, 0.717) is 0 Å². The van der Waals surface area contributed by atoms with Crippen LogP contribution in [0.5, 0.6) is 0 Å². The highest BCUT2D eigenvalue weighted by molar-refractivity contribution is 5.65. The molecule has 0 unspecified atom stereocenters. The number of quaternary nitrogens is 1. The normalized spacial score (nSPS) is 12.5. The molecule has 3 heteroatoms. The average Bonchev–Trinajstić information content (AvgIpc) is 2.04. The number of aliphatic carboxylic acids is 1. The number of hydrogen-bond donors (Lipinski definition) is 1. The minimum atomic E-state index is -1.06. The van der Waals surface area contributed by atoms with Crippen LogP contribution < -0.4 is 10.8 Å². The summed E-state index contributed by atoms with van der Waals surface area (Å²) in [5.74, 6) is -1.06. The first-order valence-electron chi connectivity index (χ1n) is 4.19. The van der Waals surface area contributed by atoms with Crippen molar-refractivity contribution in [2.24, 2.45) is 0 Å². The van der Waals surface area contributed by atoms with Crippen molar-refractivity contribution >= 4 is 5.97 Å². The Kier molecular flexibility index (Phi) is 3.03. The van der Waals surface area contributed by atoms with E-state index in [1.54, 1.807) is 0 Å². The number of carbonyl (C=O) groups is 1. The Morgan fingerprint density at radius 3 is 2.46 bits per heavy atom. The van der Waals surface area contributed by atoms with Crippen LogP contribution in [-0.4, -0.2) is 5.97 Å². The van der Waals surface area contributed by atoms with Crippen molar-refractivity contribution in [3.63, 3.8) is 0 Å². The van der Waals surface area contributed by atoms with Crippen LogP contribution in [0.2, 0.25) is 0 Å². The molecule has 0 aromatic heterocycles. The third kappa shape index (κ3) is 2.87. The topological polar surface area (TPSA) is 67.8 Å². The summed E-state index contributed by atoms with van der Waals surface area (Å²) in [4.78, 5) is 10.3. The Bertz CT molecular complexity index is 292. The molecule has 3 N–H and O–H groups in total. The molecule has 0 amide bonds. The van der Waals surface area contributed by atoms with Crippen LogP contribution in [0.3, 0.4) is 0 Å². The fraction of sp³-hybridized carbons (Fsp3) is 0.300. The van der Waals surface area contributed by atoms with Crippen molar-refractivity contribution in [2.75, 3.05) is 0 Å². The highest BCUT2D eigenvalue weighted by atomic mass is 16.4. The largest absolute Gasteiger partial charge is 0.550 e. The molecular weight excluding hydrogens is 166 g/mol. The van der Waals surface area contributed by atoms with E-state index in [0.717, 1.165) is 11.1 Å². The fourth-order valence-corrected chi connectivity index (χ4v) is 1.16. The lowest BCUT2D eigenvalue weighted by Gasteiger charge is -2.09. The van der Waals surface area contributed by atoms with Gasteiger partial charge in [0.15, 0.2) is 0 Å². The predicted molar refractivity (Wildman–Crippen MR) is 46.4 cm³/mol. The quantitative estimate of drug-likeness (QED) is 0.674. The summed E-state index contributed by atoms with van der Waals surface area (Å²) in [7, 11) is 0. The van der Waals surface area contributed by atoms with E-state index in [9.17, 15) is 9.90 Å². The summed E-state index contributed by atoms with van der Waals surface area (Å²) in [5.41, 5.74) is 5.85. The molecule has 70 valence electrons. The van der Waals surface area contributed by atoms with Crippen LogP contribution in [0.25, 0.3) is 0 Å². The maximum atomic E-state index is 10.3. The van der Waals surface area contributed by atoms with Gasteiger partial charge in [0.2, 0.25) is 0 Å². The third-order valence-corrected chi connectivity index (χ3v) is 1.96. The van der Waals surface area contributed by atoms with Crippen LogP contribution in [0, 0.1) is 6.92 Å². The zero-order valence-electron chi connectivity index (χ0n) is 7.62. The predicted octanol–water partition coefficient (Wildman–Crippen LogP) is -0.582. The van der Waals surface area contributed by atoms with Crippen molar-refractivity contribution in [2.45, 2.75) is 19.4 Å². The van der Waals surface area contributed by atoms with Crippen molar-refractivity contribution in [3.05, 3.63) is 35.4 Å². The van der Waals surface area contributed by atoms with Gasteiger partial charge in [-0.2, -0.15) is 0 Å². The van der Waals surface area contributed by atoms with E-state index in [2.05, 4.69) is 5.73 Å². The lowest BCUT2D eigenvalue weighted by molar-refractivity contribution is -0.430. The molecule has 0 heterocycles. The maximum absolute atomic E-state index is 10.3. The zero-order chi connectivity index (χ0) is 9.84. The van der Waals surface area contributed by atoms with E-state index in [-0.39, 0.29) is 12.5 Å². The van der Waals surface area contributed by atoms with Gasteiger partial charge in [0.25, 0.3) is 0 Å². The average molecular weight is 179 g/mol. The Morgan fingerprint density at radius 2 is 2.00 bits per heavy atom. The molecule has 0 spiro atoms. The third-order valence-electron chi connectivity index (χ3n) is 1.96. The molecular formula is C10H13NO2. The van der Waals surface area contributed by atoms with Gasteiger partial charge in [-0.15, -0.1) is 0 Å². The van der Waals surface area contributed by atoms with Gasteiger partial charge < -0.3 is 15.6 Å². The van der Waals surface area contributed by atoms with Gasteiger partial charge in [-0.05, 0) is 6.92 Å². The lowest BCUT2D eigenvalue weighted by atomic mass is 10.0. The minimum Gasteiger partial charge on any atom is -0.550 e. The number of carboxylic acids is 1. The van der Waals surface area contributed by atoms with E-state index < -0.39 is 5.97 Å². The van der Waals surface area contributed by atoms with Gasteiger partial charge in [-0.3, -0.25) is 0 Å². The molecule has 0 fully saturated rings. The summed E-state index contributed by atoms with van der Waals surface area (Å²) in [6, 6.07) is 7.47. The first-order chi connectivity index (χ1) is 6.09. The Labute approximate surface area is 77.2 Å².